The number of carbonyl (C=O) groups is 1. The van der Waals surface area contributed by atoms with Gasteiger partial charge in [0.25, 0.3) is 0 Å². The van der Waals surface area contributed by atoms with Gasteiger partial charge < -0.3 is 19.9 Å². The van der Waals surface area contributed by atoms with Crippen LogP contribution in [0.4, 0.5) is 10.1 Å². The molecule has 3 aromatic rings. The quantitative estimate of drug-likeness (QED) is 0.439. The minimum absolute atomic E-state index is 0.0230. The molecule has 0 aliphatic carbocycles. The van der Waals surface area contributed by atoms with Crippen LogP contribution in [-0.2, 0) is 13.2 Å². The van der Waals surface area contributed by atoms with Crippen molar-refractivity contribution < 1.29 is 23.8 Å². The predicted molar refractivity (Wildman–Crippen MR) is 114 cm³/mol. The number of anilines is 1. The van der Waals surface area contributed by atoms with Crippen LogP contribution in [-0.4, -0.2) is 18.2 Å². The van der Waals surface area contributed by atoms with Crippen molar-refractivity contribution in [2.75, 3.05) is 12.4 Å². The molecule has 156 valence electrons. The van der Waals surface area contributed by atoms with E-state index < -0.39 is 11.8 Å². The lowest BCUT2D eigenvalue weighted by molar-refractivity contribution is 0.0697. The number of ether oxygens (including phenoxy) is 2. The molecule has 0 radical (unpaired) electrons. The van der Waals surface area contributed by atoms with E-state index >= 15 is 0 Å². The van der Waals surface area contributed by atoms with Crippen LogP contribution in [0.2, 0.25) is 10.0 Å². The number of nitrogens with one attached hydrogen (secondary N) is 1. The van der Waals surface area contributed by atoms with Gasteiger partial charge in [-0.25, -0.2) is 9.18 Å². The first-order valence-corrected chi connectivity index (χ1v) is 9.64. The maximum atomic E-state index is 13.9. The summed E-state index contributed by atoms with van der Waals surface area (Å²) >= 11 is 11.9. The first-order valence-electron chi connectivity index (χ1n) is 8.88. The first-order chi connectivity index (χ1) is 14.4. The van der Waals surface area contributed by atoms with Gasteiger partial charge in [0.2, 0.25) is 0 Å². The maximum absolute atomic E-state index is 13.9. The lowest BCUT2D eigenvalue weighted by Crippen LogP contribution is -2.04. The standard InChI is InChI=1S/C22H18Cl2FNO4/c1-29-21-9-13(11-26-14-6-7-18(24)15(10-14)22(27)28)5-8-20(21)30-12-16-17(23)3-2-4-19(16)25/h2-10,26H,11-12H2,1H3,(H,27,28). The highest BCUT2D eigenvalue weighted by Crippen LogP contribution is 2.30. The van der Waals surface area contributed by atoms with Crippen LogP contribution < -0.4 is 14.8 Å². The van der Waals surface area contributed by atoms with Gasteiger partial charge >= 0.3 is 5.97 Å². The number of halogens is 3. The summed E-state index contributed by atoms with van der Waals surface area (Å²) in [6.45, 7) is 0.374. The molecule has 8 heteroatoms. The third kappa shape index (κ3) is 5.14. The van der Waals surface area contributed by atoms with Crippen molar-refractivity contribution in [3.63, 3.8) is 0 Å². The van der Waals surface area contributed by atoms with Crippen LogP contribution in [0.3, 0.4) is 0 Å². The molecule has 0 saturated heterocycles. The van der Waals surface area contributed by atoms with Crippen LogP contribution in [0.15, 0.2) is 54.6 Å². The fraction of sp³-hybridized carbons (Fsp3) is 0.136. The van der Waals surface area contributed by atoms with Gasteiger partial charge in [-0.05, 0) is 48.0 Å². The SMILES string of the molecule is COc1cc(CNc2ccc(Cl)c(C(=O)O)c2)ccc1OCc1c(F)cccc1Cl. The molecule has 0 heterocycles. The summed E-state index contributed by atoms with van der Waals surface area (Å²) in [4.78, 5) is 11.2. The third-order valence-electron chi connectivity index (χ3n) is 4.36. The minimum atomic E-state index is -1.10. The van der Waals surface area contributed by atoms with E-state index in [4.69, 9.17) is 37.8 Å². The van der Waals surface area contributed by atoms with Gasteiger partial charge in [-0.3, -0.25) is 0 Å². The molecule has 0 spiro atoms. The summed E-state index contributed by atoms with van der Waals surface area (Å²) in [5, 5.41) is 12.8. The lowest BCUT2D eigenvalue weighted by atomic mass is 10.1. The monoisotopic (exact) mass is 449 g/mol. The van der Waals surface area contributed by atoms with Gasteiger partial charge in [-0.1, -0.05) is 35.3 Å². The molecule has 0 aromatic heterocycles. The van der Waals surface area contributed by atoms with Crippen molar-refractivity contribution in [3.05, 3.63) is 87.2 Å². The van der Waals surface area contributed by atoms with Gasteiger partial charge in [0.05, 0.1) is 22.7 Å². The summed E-state index contributed by atoms with van der Waals surface area (Å²) in [5.74, 6) is -0.614. The van der Waals surface area contributed by atoms with E-state index in [1.54, 1.807) is 24.3 Å². The average molecular weight is 450 g/mol. The largest absolute Gasteiger partial charge is 0.493 e. The van der Waals surface area contributed by atoms with Crippen molar-refractivity contribution in [1.29, 1.82) is 0 Å². The average Bonchev–Trinajstić information content (AvgIpc) is 2.73. The van der Waals surface area contributed by atoms with Crippen molar-refractivity contribution >= 4 is 34.9 Å². The smallest absolute Gasteiger partial charge is 0.337 e. The van der Waals surface area contributed by atoms with E-state index in [0.717, 1.165) is 5.56 Å². The molecule has 5 nitrogen and oxygen atoms in total. The molecule has 0 bridgehead atoms. The summed E-state index contributed by atoms with van der Waals surface area (Å²) < 4.78 is 25.0. The molecule has 0 aliphatic rings. The summed E-state index contributed by atoms with van der Waals surface area (Å²) in [5.41, 5.74) is 1.78. The number of methoxy groups -OCH3 is 1. The number of carboxylic acid groups (broad SMARTS) is 1. The number of carboxylic acids is 1. The molecule has 30 heavy (non-hydrogen) atoms. The van der Waals surface area contributed by atoms with E-state index in [-0.39, 0.29) is 22.8 Å². The normalized spacial score (nSPS) is 10.5. The van der Waals surface area contributed by atoms with E-state index in [1.807, 2.05) is 6.07 Å². The molecule has 0 unspecified atom stereocenters. The number of benzene rings is 3. The highest BCUT2D eigenvalue weighted by atomic mass is 35.5. The molecular formula is C22H18Cl2FNO4. The second kappa shape index (κ2) is 9.69. The fourth-order valence-electron chi connectivity index (χ4n) is 2.76. The first kappa shape index (κ1) is 21.7. The van der Waals surface area contributed by atoms with Crippen molar-refractivity contribution in [2.45, 2.75) is 13.2 Å². The fourth-order valence-corrected chi connectivity index (χ4v) is 3.18. The van der Waals surface area contributed by atoms with Gasteiger partial charge in [-0.2, -0.15) is 0 Å². The van der Waals surface area contributed by atoms with Gasteiger partial charge in [0.1, 0.15) is 12.4 Å². The Morgan fingerprint density at radius 1 is 1.07 bits per heavy atom. The third-order valence-corrected chi connectivity index (χ3v) is 5.04. The Morgan fingerprint density at radius 3 is 2.57 bits per heavy atom. The van der Waals surface area contributed by atoms with Crippen molar-refractivity contribution in [2.24, 2.45) is 0 Å². The molecule has 3 rings (SSSR count). The highest BCUT2D eigenvalue weighted by Gasteiger charge is 2.12. The predicted octanol–water partition coefficient (Wildman–Crippen LogP) is 6.03. The van der Waals surface area contributed by atoms with Gasteiger partial charge in [0, 0.05) is 17.8 Å². The van der Waals surface area contributed by atoms with Crippen LogP contribution >= 0.6 is 23.2 Å². The highest BCUT2D eigenvalue weighted by molar-refractivity contribution is 6.33. The van der Waals surface area contributed by atoms with E-state index in [0.29, 0.717) is 28.8 Å². The zero-order chi connectivity index (χ0) is 21.7. The Morgan fingerprint density at radius 2 is 1.87 bits per heavy atom. The Balaban J connectivity index is 1.70. The molecule has 2 N–H and O–H groups in total. The second-order valence-corrected chi connectivity index (χ2v) is 7.14. The Bertz CT molecular complexity index is 1050. The lowest BCUT2D eigenvalue weighted by Gasteiger charge is -2.14. The molecule has 0 fully saturated rings. The Labute approximate surface area is 183 Å². The zero-order valence-electron chi connectivity index (χ0n) is 15.9. The van der Waals surface area contributed by atoms with E-state index in [9.17, 15) is 9.18 Å². The zero-order valence-corrected chi connectivity index (χ0v) is 17.4. The Kier molecular flexibility index (Phi) is 7.03. The van der Waals surface area contributed by atoms with Crippen LogP contribution in [0.1, 0.15) is 21.5 Å². The molecule has 0 aliphatic heterocycles. The summed E-state index contributed by atoms with van der Waals surface area (Å²) in [6.07, 6.45) is 0. The molecule has 0 amide bonds. The van der Waals surface area contributed by atoms with Crippen molar-refractivity contribution in [3.8, 4) is 11.5 Å². The molecule has 0 atom stereocenters. The second-order valence-electron chi connectivity index (χ2n) is 6.33. The van der Waals surface area contributed by atoms with Crippen molar-refractivity contribution in [1.82, 2.24) is 0 Å². The Hall–Kier alpha value is -2.96. The van der Waals surface area contributed by atoms with Gasteiger partial charge in [0.15, 0.2) is 11.5 Å². The minimum Gasteiger partial charge on any atom is -0.493 e. The number of rotatable bonds is 8. The van der Waals surface area contributed by atoms with Crippen LogP contribution in [0.25, 0.3) is 0 Å². The van der Waals surface area contributed by atoms with Crippen LogP contribution in [0.5, 0.6) is 11.5 Å². The summed E-state index contributed by atoms with van der Waals surface area (Å²) in [6, 6.07) is 14.5. The molecule has 0 saturated carbocycles. The maximum Gasteiger partial charge on any atom is 0.337 e. The number of hydrogen-bond acceptors (Lipinski definition) is 4. The van der Waals surface area contributed by atoms with Crippen LogP contribution in [0, 0.1) is 5.82 Å². The van der Waals surface area contributed by atoms with E-state index in [2.05, 4.69) is 5.32 Å². The van der Waals surface area contributed by atoms with E-state index in [1.165, 1.54) is 31.4 Å². The number of hydrogen-bond donors (Lipinski definition) is 2. The topological polar surface area (TPSA) is 67.8 Å². The summed E-state index contributed by atoms with van der Waals surface area (Å²) in [7, 11) is 1.51. The molecular weight excluding hydrogens is 432 g/mol. The number of aromatic carboxylic acids is 1. The molecule has 3 aromatic carbocycles. The van der Waals surface area contributed by atoms with Gasteiger partial charge in [-0.15, -0.1) is 0 Å².